The van der Waals surface area contributed by atoms with Crippen molar-refractivity contribution in [1.82, 2.24) is 14.8 Å². The molecule has 2 aliphatic carbocycles. The van der Waals surface area contributed by atoms with E-state index < -0.39 is 0 Å². The highest BCUT2D eigenvalue weighted by atomic mass is 15.4. The molecule has 1 fully saturated rings. The number of anilines is 2. The molecule has 5 nitrogen and oxygen atoms in total. The quantitative estimate of drug-likeness (QED) is 0.819. The van der Waals surface area contributed by atoms with Crippen molar-refractivity contribution in [3.63, 3.8) is 0 Å². The van der Waals surface area contributed by atoms with Gasteiger partial charge in [0.1, 0.15) is 6.33 Å². The highest BCUT2D eigenvalue weighted by Crippen LogP contribution is 2.33. The molecule has 1 N–H and O–H groups in total. The largest absolute Gasteiger partial charge is 0.371 e. The molecule has 26 heavy (non-hydrogen) atoms. The van der Waals surface area contributed by atoms with Gasteiger partial charge in [-0.25, -0.2) is 4.98 Å². The smallest absolute Gasteiger partial charge is 0.242 e. The third-order valence-electron chi connectivity index (χ3n) is 6.01. The van der Waals surface area contributed by atoms with Crippen molar-refractivity contribution in [2.24, 2.45) is 13.0 Å². The van der Waals surface area contributed by atoms with Gasteiger partial charge in [0.25, 0.3) is 0 Å². The molecule has 0 amide bonds. The standard InChI is InChI=1S/C21H31N5/c1-3-26(14-16-7-4-5-8-16)20-12-18-10-6-9-17(18)11-19(20)13-22-21-23-15-25(2)24-21/h11-12,15-16H,3-10,13-14H2,1-2H3,(H,22,24). The summed E-state index contributed by atoms with van der Waals surface area (Å²) in [5.41, 5.74) is 5.91. The molecule has 0 spiro atoms. The lowest BCUT2D eigenvalue weighted by molar-refractivity contribution is 0.535. The number of nitrogens with one attached hydrogen (secondary N) is 1. The molecule has 2 aromatic rings. The molecule has 2 aliphatic rings. The third-order valence-corrected chi connectivity index (χ3v) is 6.01. The van der Waals surface area contributed by atoms with E-state index >= 15 is 0 Å². The van der Waals surface area contributed by atoms with Crippen LogP contribution in [0.25, 0.3) is 0 Å². The molecule has 1 aromatic heterocycles. The normalized spacial score (nSPS) is 16.8. The van der Waals surface area contributed by atoms with Gasteiger partial charge in [-0.3, -0.25) is 4.68 Å². The molecule has 5 heteroatoms. The van der Waals surface area contributed by atoms with E-state index in [0.29, 0.717) is 5.95 Å². The van der Waals surface area contributed by atoms with Crippen molar-refractivity contribution in [3.8, 4) is 0 Å². The SMILES string of the molecule is CCN(CC1CCCC1)c1cc2c(cc1CNc1ncn(C)n1)CCC2. The van der Waals surface area contributed by atoms with Crippen molar-refractivity contribution in [2.45, 2.75) is 58.4 Å². The van der Waals surface area contributed by atoms with Gasteiger partial charge in [-0.2, -0.15) is 0 Å². The second-order valence-electron chi connectivity index (χ2n) is 7.89. The highest BCUT2D eigenvalue weighted by Gasteiger charge is 2.22. The Morgan fingerprint density at radius 1 is 1.15 bits per heavy atom. The first-order chi connectivity index (χ1) is 12.7. The number of hydrogen-bond acceptors (Lipinski definition) is 4. The van der Waals surface area contributed by atoms with Gasteiger partial charge < -0.3 is 10.2 Å². The van der Waals surface area contributed by atoms with Crippen molar-refractivity contribution < 1.29 is 0 Å². The lowest BCUT2D eigenvalue weighted by Gasteiger charge is -2.29. The average Bonchev–Trinajstić information content (AvgIpc) is 3.39. The minimum atomic E-state index is 0.706. The number of fused-ring (bicyclic) bond motifs is 1. The second kappa shape index (κ2) is 7.68. The summed E-state index contributed by atoms with van der Waals surface area (Å²) in [5, 5.41) is 7.77. The monoisotopic (exact) mass is 353 g/mol. The van der Waals surface area contributed by atoms with E-state index in [4.69, 9.17) is 0 Å². The molecule has 1 aromatic carbocycles. The predicted octanol–water partition coefficient (Wildman–Crippen LogP) is 3.93. The van der Waals surface area contributed by atoms with E-state index in [2.05, 4.69) is 39.4 Å². The van der Waals surface area contributed by atoms with Crippen LogP contribution in [0.4, 0.5) is 11.6 Å². The van der Waals surface area contributed by atoms with Gasteiger partial charge in [-0.15, -0.1) is 5.10 Å². The summed E-state index contributed by atoms with van der Waals surface area (Å²) in [6.07, 6.45) is 11.1. The van der Waals surface area contributed by atoms with Crippen molar-refractivity contribution in [3.05, 3.63) is 35.2 Å². The molecule has 4 rings (SSSR count). The zero-order valence-corrected chi connectivity index (χ0v) is 16.2. The Balaban J connectivity index is 1.58. The van der Waals surface area contributed by atoms with Gasteiger partial charge in [0.05, 0.1) is 0 Å². The summed E-state index contributed by atoms with van der Waals surface area (Å²) in [6, 6.07) is 4.91. The Morgan fingerprint density at radius 3 is 2.62 bits per heavy atom. The summed E-state index contributed by atoms with van der Waals surface area (Å²) in [5.74, 6) is 1.57. The molecule has 140 valence electrons. The molecule has 0 unspecified atom stereocenters. The van der Waals surface area contributed by atoms with Crippen molar-refractivity contribution in [1.29, 1.82) is 0 Å². The molecule has 1 saturated carbocycles. The molecule has 0 atom stereocenters. The van der Waals surface area contributed by atoms with Crippen LogP contribution in [0.1, 0.15) is 55.7 Å². The molecular formula is C21H31N5. The summed E-state index contributed by atoms with van der Waals surface area (Å²) >= 11 is 0. The van der Waals surface area contributed by atoms with Crippen LogP contribution in [0.15, 0.2) is 18.5 Å². The fourth-order valence-corrected chi connectivity index (χ4v) is 4.60. The summed E-state index contributed by atoms with van der Waals surface area (Å²) in [6.45, 7) is 5.35. The van der Waals surface area contributed by atoms with Crippen LogP contribution in [0.2, 0.25) is 0 Å². The van der Waals surface area contributed by atoms with E-state index in [0.717, 1.165) is 19.0 Å². The number of nitrogens with zero attached hydrogens (tertiary/aromatic N) is 4. The fourth-order valence-electron chi connectivity index (χ4n) is 4.60. The van der Waals surface area contributed by atoms with Crippen LogP contribution < -0.4 is 10.2 Å². The third kappa shape index (κ3) is 3.71. The van der Waals surface area contributed by atoms with Crippen molar-refractivity contribution >= 4 is 11.6 Å². The molecular weight excluding hydrogens is 322 g/mol. The van der Waals surface area contributed by atoms with Crippen LogP contribution in [-0.2, 0) is 26.4 Å². The fraction of sp³-hybridized carbons (Fsp3) is 0.619. The van der Waals surface area contributed by atoms with Crippen LogP contribution in [0, 0.1) is 5.92 Å². The minimum absolute atomic E-state index is 0.706. The van der Waals surface area contributed by atoms with E-state index in [-0.39, 0.29) is 0 Å². The molecule has 0 radical (unpaired) electrons. The van der Waals surface area contributed by atoms with Gasteiger partial charge in [0.2, 0.25) is 5.95 Å². The molecule has 0 aliphatic heterocycles. The molecule has 0 saturated heterocycles. The van der Waals surface area contributed by atoms with E-state index in [1.807, 2.05) is 7.05 Å². The van der Waals surface area contributed by atoms with Crippen LogP contribution in [-0.4, -0.2) is 27.9 Å². The van der Waals surface area contributed by atoms with E-state index in [1.54, 1.807) is 16.6 Å². The van der Waals surface area contributed by atoms with Gasteiger partial charge >= 0.3 is 0 Å². The van der Waals surface area contributed by atoms with Gasteiger partial charge in [-0.05, 0) is 67.7 Å². The van der Waals surface area contributed by atoms with E-state index in [9.17, 15) is 0 Å². The van der Waals surface area contributed by atoms with Crippen molar-refractivity contribution in [2.75, 3.05) is 23.3 Å². The van der Waals surface area contributed by atoms with Crippen LogP contribution in [0.3, 0.4) is 0 Å². The predicted molar refractivity (Wildman–Crippen MR) is 107 cm³/mol. The Hall–Kier alpha value is -2.04. The lowest BCUT2D eigenvalue weighted by Crippen LogP contribution is -2.29. The number of aryl methyl sites for hydroxylation is 3. The molecule has 1 heterocycles. The van der Waals surface area contributed by atoms with Crippen LogP contribution >= 0.6 is 0 Å². The maximum absolute atomic E-state index is 4.36. The number of rotatable bonds is 7. The first-order valence-corrected chi connectivity index (χ1v) is 10.2. The molecule has 0 bridgehead atoms. The lowest BCUT2D eigenvalue weighted by atomic mass is 10.0. The Labute approximate surface area is 156 Å². The number of aromatic nitrogens is 3. The average molecular weight is 354 g/mol. The second-order valence-corrected chi connectivity index (χ2v) is 7.89. The first kappa shape index (κ1) is 17.4. The summed E-state index contributed by atoms with van der Waals surface area (Å²) < 4.78 is 1.74. The first-order valence-electron chi connectivity index (χ1n) is 10.2. The van der Waals surface area contributed by atoms with Crippen LogP contribution in [0.5, 0.6) is 0 Å². The van der Waals surface area contributed by atoms with Gasteiger partial charge in [0.15, 0.2) is 0 Å². The minimum Gasteiger partial charge on any atom is -0.371 e. The number of benzene rings is 1. The highest BCUT2D eigenvalue weighted by molar-refractivity contribution is 5.59. The van der Waals surface area contributed by atoms with Gasteiger partial charge in [-0.1, -0.05) is 18.9 Å². The maximum atomic E-state index is 4.36. The maximum Gasteiger partial charge on any atom is 0.242 e. The summed E-state index contributed by atoms with van der Waals surface area (Å²) in [4.78, 5) is 6.92. The Kier molecular flexibility index (Phi) is 5.14. The van der Waals surface area contributed by atoms with Gasteiger partial charge in [0, 0.05) is 32.4 Å². The van der Waals surface area contributed by atoms with E-state index in [1.165, 1.54) is 68.3 Å². The summed E-state index contributed by atoms with van der Waals surface area (Å²) in [7, 11) is 1.90. The topological polar surface area (TPSA) is 46.0 Å². The Bertz CT molecular complexity index is 745. The Morgan fingerprint density at radius 2 is 1.92 bits per heavy atom. The zero-order valence-electron chi connectivity index (χ0n) is 16.2. The number of hydrogen-bond donors (Lipinski definition) is 1. The zero-order chi connectivity index (χ0) is 17.9.